The lowest BCUT2D eigenvalue weighted by molar-refractivity contribution is 0.0988. The van der Waals surface area contributed by atoms with E-state index in [0.29, 0.717) is 5.56 Å². The van der Waals surface area contributed by atoms with Gasteiger partial charge in [-0.3, -0.25) is 4.79 Å². The van der Waals surface area contributed by atoms with Crippen molar-refractivity contribution in [3.63, 3.8) is 0 Å². The molecule has 5 heteroatoms. The summed E-state index contributed by atoms with van der Waals surface area (Å²) in [6.07, 6.45) is 0.00584. The Balaban J connectivity index is 2.17. The van der Waals surface area contributed by atoms with Crippen molar-refractivity contribution < 1.29 is 13.2 Å². The lowest BCUT2D eigenvalue weighted by atomic mass is 9.90. The van der Waals surface area contributed by atoms with Crippen LogP contribution >= 0.6 is 15.9 Å². The minimum Gasteiger partial charge on any atom is -0.294 e. The maximum absolute atomic E-state index is 12.6. The molecule has 3 nitrogen and oxygen atoms in total. The number of rotatable bonds is 6. The Morgan fingerprint density at radius 3 is 1.81 bits per heavy atom. The summed E-state index contributed by atoms with van der Waals surface area (Å²) in [4.78, 5) is 12.3. The van der Waals surface area contributed by atoms with Crippen LogP contribution in [-0.4, -0.2) is 20.0 Å². The molecular weight excluding hydrogens is 412 g/mol. The van der Waals surface area contributed by atoms with E-state index in [9.17, 15) is 13.2 Å². The summed E-state index contributed by atoms with van der Waals surface area (Å²) >= 11 is 3.33. The summed E-state index contributed by atoms with van der Waals surface area (Å²) in [7, 11) is -3.37. The molecule has 0 aliphatic rings. The molecule has 0 aliphatic heterocycles. The molecule has 2 aromatic rings. The van der Waals surface area contributed by atoms with Crippen LogP contribution in [0.2, 0.25) is 0 Å². The SMILES string of the molecule is Cc1c(C)c(C)c(CS(=O)(=O)CCC(=O)c2ccc(Br)cc2)c(C)c1C. The van der Waals surface area contributed by atoms with E-state index >= 15 is 0 Å². The van der Waals surface area contributed by atoms with E-state index in [1.165, 1.54) is 5.56 Å². The standard InChI is InChI=1S/C21H25BrO3S/c1-13-14(2)16(4)20(17(5)15(13)3)12-26(24,25)11-10-21(23)18-6-8-19(22)9-7-18/h6-9H,10-12H2,1-5H3. The lowest BCUT2D eigenvalue weighted by Crippen LogP contribution is -2.16. The van der Waals surface area contributed by atoms with Gasteiger partial charge < -0.3 is 0 Å². The third-order valence-electron chi connectivity index (χ3n) is 5.33. The zero-order chi connectivity index (χ0) is 19.6. The summed E-state index contributed by atoms with van der Waals surface area (Å²) < 4.78 is 26.2. The first-order valence-corrected chi connectivity index (χ1v) is 11.2. The van der Waals surface area contributed by atoms with Gasteiger partial charge in [0, 0.05) is 16.5 Å². The van der Waals surface area contributed by atoms with Gasteiger partial charge in [-0.1, -0.05) is 28.1 Å². The molecule has 0 aromatic heterocycles. The molecule has 2 aromatic carbocycles. The van der Waals surface area contributed by atoms with Crippen molar-refractivity contribution in [3.8, 4) is 0 Å². The van der Waals surface area contributed by atoms with Gasteiger partial charge in [0.15, 0.2) is 15.6 Å². The number of halogens is 1. The molecule has 0 amide bonds. The molecule has 0 saturated carbocycles. The van der Waals surface area contributed by atoms with Gasteiger partial charge in [-0.05, 0) is 80.1 Å². The fraction of sp³-hybridized carbons (Fsp3) is 0.381. The van der Waals surface area contributed by atoms with E-state index in [0.717, 1.165) is 32.3 Å². The average molecular weight is 437 g/mol. The van der Waals surface area contributed by atoms with Crippen LogP contribution in [0.3, 0.4) is 0 Å². The Kier molecular flexibility index (Phi) is 6.46. The van der Waals surface area contributed by atoms with Gasteiger partial charge >= 0.3 is 0 Å². The lowest BCUT2D eigenvalue weighted by Gasteiger charge is -2.18. The summed E-state index contributed by atoms with van der Waals surface area (Å²) in [5.41, 5.74) is 6.99. The second kappa shape index (κ2) is 8.05. The number of Topliss-reactive ketones (excluding diaryl/α,β-unsaturated/α-hetero) is 1. The molecule has 140 valence electrons. The van der Waals surface area contributed by atoms with Gasteiger partial charge in [0.1, 0.15) is 0 Å². The number of carbonyl (C=O) groups is 1. The number of carbonyl (C=O) groups excluding carboxylic acids is 1. The molecule has 0 saturated heterocycles. The molecule has 0 spiro atoms. The fourth-order valence-electron chi connectivity index (χ4n) is 3.11. The minimum absolute atomic E-state index is 0.00584. The molecular formula is C21H25BrO3S. The number of ketones is 1. The zero-order valence-electron chi connectivity index (χ0n) is 15.9. The van der Waals surface area contributed by atoms with Crippen molar-refractivity contribution in [3.05, 3.63) is 67.7 Å². The quantitative estimate of drug-likeness (QED) is 0.586. The van der Waals surface area contributed by atoms with Gasteiger partial charge in [-0.2, -0.15) is 0 Å². The van der Waals surface area contributed by atoms with Crippen LogP contribution in [0.25, 0.3) is 0 Å². The molecule has 0 bridgehead atoms. The second-order valence-electron chi connectivity index (χ2n) is 6.88. The van der Waals surface area contributed by atoms with Crippen LogP contribution < -0.4 is 0 Å². The summed E-state index contributed by atoms with van der Waals surface area (Å²) in [6.45, 7) is 10.1. The van der Waals surface area contributed by atoms with Gasteiger partial charge in [-0.25, -0.2) is 8.42 Å². The molecule has 0 N–H and O–H groups in total. The van der Waals surface area contributed by atoms with E-state index in [1.807, 2.05) is 27.7 Å². The van der Waals surface area contributed by atoms with Gasteiger partial charge in [0.2, 0.25) is 0 Å². The third kappa shape index (κ3) is 4.63. The number of benzene rings is 2. The minimum atomic E-state index is -3.37. The number of hydrogen-bond acceptors (Lipinski definition) is 3. The number of sulfone groups is 1. The van der Waals surface area contributed by atoms with Crippen molar-refractivity contribution in [2.45, 2.75) is 46.8 Å². The largest absolute Gasteiger partial charge is 0.294 e. The van der Waals surface area contributed by atoms with Gasteiger partial charge in [0.05, 0.1) is 11.5 Å². The Hall–Kier alpha value is -1.46. The topological polar surface area (TPSA) is 51.2 Å². The van der Waals surface area contributed by atoms with E-state index in [-0.39, 0.29) is 23.7 Å². The highest BCUT2D eigenvalue weighted by Gasteiger charge is 2.20. The summed E-state index contributed by atoms with van der Waals surface area (Å²) in [6, 6.07) is 6.98. The summed E-state index contributed by atoms with van der Waals surface area (Å²) in [5, 5.41) is 0. The molecule has 0 aliphatic carbocycles. The monoisotopic (exact) mass is 436 g/mol. The molecule has 26 heavy (non-hydrogen) atoms. The Morgan fingerprint density at radius 2 is 1.31 bits per heavy atom. The van der Waals surface area contributed by atoms with Crippen LogP contribution in [0.15, 0.2) is 28.7 Å². The van der Waals surface area contributed by atoms with Gasteiger partial charge in [-0.15, -0.1) is 0 Å². The first-order valence-electron chi connectivity index (χ1n) is 8.58. The van der Waals surface area contributed by atoms with Crippen molar-refractivity contribution in [2.24, 2.45) is 0 Å². The van der Waals surface area contributed by atoms with E-state index in [2.05, 4.69) is 22.9 Å². The Morgan fingerprint density at radius 1 is 0.846 bits per heavy atom. The average Bonchev–Trinajstić information content (AvgIpc) is 2.60. The van der Waals surface area contributed by atoms with Gasteiger partial charge in [0.25, 0.3) is 0 Å². The van der Waals surface area contributed by atoms with E-state index in [4.69, 9.17) is 0 Å². The first-order chi connectivity index (χ1) is 12.0. The van der Waals surface area contributed by atoms with Crippen molar-refractivity contribution in [2.75, 3.05) is 5.75 Å². The fourth-order valence-corrected chi connectivity index (χ4v) is 4.89. The number of hydrogen-bond donors (Lipinski definition) is 0. The normalized spacial score (nSPS) is 11.6. The Bertz CT molecular complexity index is 913. The molecule has 0 unspecified atom stereocenters. The predicted molar refractivity (Wildman–Crippen MR) is 111 cm³/mol. The molecule has 2 rings (SSSR count). The van der Waals surface area contributed by atoms with E-state index < -0.39 is 9.84 Å². The zero-order valence-corrected chi connectivity index (χ0v) is 18.3. The Labute approximate surface area is 164 Å². The smallest absolute Gasteiger partial charge is 0.163 e. The highest BCUT2D eigenvalue weighted by atomic mass is 79.9. The second-order valence-corrected chi connectivity index (χ2v) is 9.98. The highest BCUT2D eigenvalue weighted by Crippen LogP contribution is 2.27. The molecule has 0 heterocycles. The predicted octanol–water partition coefficient (Wildman–Crippen LogP) is 5.18. The summed E-state index contributed by atoms with van der Waals surface area (Å²) in [5.74, 6) is -0.293. The van der Waals surface area contributed by atoms with Crippen molar-refractivity contribution in [1.82, 2.24) is 0 Å². The molecule has 0 fully saturated rings. The maximum atomic E-state index is 12.6. The van der Waals surface area contributed by atoms with Crippen LogP contribution in [0, 0.1) is 34.6 Å². The highest BCUT2D eigenvalue weighted by molar-refractivity contribution is 9.10. The first kappa shape index (κ1) is 20.8. The van der Waals surface area contributed by atoms with E-state index in [1.54, 1.807) is 24.3 Å². The molecule has 0 radical (unpaired) electrons. The van der Waals surface area contributed by atoms with Crippen LogP contribution in [0.1, 0.15) is 50.2 Å². The molecule has 0 atom stereocenters. The van der Waals surface area contributed by atoms with Crippen LogP contribution in [-0.2, 0) is 15.6 Å². The van der Waals surface area contributed by atoms with Crippen LogP contribution in [0.4, 0.5) is 0 Å². The maximum Gasteiger partial charge on any atom is 0.163 e. The third-order valence-corrected chi connectivity index (χ3v) is 7.41. The van der Waals surface area contributed by atoms with Crippen LogP contribution in [0.5, 0.6) is 0 Å². The van der Waals surface area contributed by atoms with Crippen molar-refractivity contribution in [1.29, 1.82) is 0 Å². The van der Waals surface area contributed by atoms with Crippen molar-refractivity contribution >= 4 is 31.6 Å².